The van der Waals surface area contributed by atoms with Crippen LogP contribution in [0, 0.1) is 0 Å². The van der Waals surface area contributed by atoms with Crippen molar-refractivity contribution in [1.29, 1.82) is 0 Å². The smallest absolute Gasteiger partial charge is 0.0518 e. The van der Waals surface area contributed by atoms with Crippen molar-refractivity contribution in [2.24, 2.45) is 7.05 Å². The van der Waals surface area contributed by atoms with Gasteiger partial charge in [0.1, 0.15) is 0 Å². The molecule has 0 spiro atoms. The van der Waals surface area contributed by atoms with Crippen molar-refractivity contribution in [2.75, 3.05) is 6.54 Å². The van der Waals surface area contributed by atoms with Crippen LogP contribution in [0.3, 0.4) is 0 Å². The maximum atomic E-state index is 4.15. The molecule has 0 saturated carbocycles. The van der Waals surface area contributed by atoms with E-state index in [1.54, 1.807) is 0 Å². The highest BCUT2D eigenvalue weighted by Gasteiger charge is 1.96. The highest BCUT2D eigenvalue weighted by molar-refractivity contribution is 4.98. The van der Waals surface area contributed by atoms with Crippen molar-refractivity contribution < 1.29 is 0 Å². The zero-order valence-electron chi connectivity index (χ0n) is 11.4. The van der Waals surface area contributed by atoms with Crippen LogP contribution in [0.25, 0.3) is 0 Å². The molecule has 3 nitrogen and oxygen atoms in total. The molecule has 0 radical (unpaired) electrons. The number of rotatable bonds is 10. The minimum absolute atomic E-state index is 0.937. The third-order valence-corrected chi connectivity index (χ3v) is 3.19. The molecule has 1 aromatic rings. The standard InChI is InChI=1S/C14H27N3/c1-3-4-5-6-7-8-9-11-15-13-14-10-12-16-17(14)2/h10,12,15H,3-9,11,13H2,1-2H3. The van der Waals surface area contributed by atoms with Crippen LogP contribution in [0.2, 0.25) is 0 Å². The molecule has 1 heterocycles. The highest BCUT2D eigenvalue weighted by Crippen LogP contribution is 2.06. The first-order chi connectivity index (χ1) is 8.34. The molecular formula is C14H27N3. The summed E-state index contributed by atoms with van der Waals surface area (Å²) >= 11 is 0. The minimum atomic E-state index is 0.937. The Hall–Kier alpha value is -0.830. The Bertz CT molecular complexity index is 281. The summed E-state index contributed by atoms with van der Waals surface area (Å²) in [6.07, 6.45) is 11.5. The van der Waals surface area contributed by atoms with Gasteiger partial charge in [-0.05, 0) is 19.0 Å². The first-order valence-corrected chi connectivity index (χ1v) is 7.02. The summed E-state index contributed by atoms with van der Waals surface area (Å²) in [7, 11) is 1.99. The summed E-state index contributed by atoms with van der Waals surface area (Å²) in [5.74, 6) is 0. The van der Waals surface area contributed by atoms with E-state index in [-0.39, 0.29) is 0 Å². The van der Waals surface area contributed by atoms with Gasteiger partial charge in [0, 0.05) is 19.8 Å². The molecule has 0 amide bonds. The van der Waals surface area contributed by atoms with Crippen molar-refractivity contribution in [1.82, 2.24) is 15.1 Å². The first kappa shape index (κ1) is 14.2. The SMILES string of the molecule is CCCCCCCCCNCc1ccnn1C. The third-order valence-electron chi connectivity index (χ3n) is 3.19. The van der Waals surface area contributed by atoms with Gasteiger partial charge in [0.2, 0.25) is 0 Å². The van der Waals surface area contributed by atoms with E-state index in [0.717, 1.165) is 13.1 Å². The fraction of sp³-hybridized carbons (Fsp3) is 0.786. The van der Waals surface area contributed by atoms with Gasteiger partial charge in [0.15, 0.2) is 0 Å². The number of nitrogens with zero attached hydrogens (tertiary/aromatic N) is 2. The molecule has 0 atom stereocenters. The normalized spacial score (nSPS) is 10.9. The Balaban J connectivity index is 1.86. The molecule has 0 aromatic carbocycles. The maximum Gasteiger partial charge on any atom is 0.0518 e. The van der Waals surface area contributed by atoms with Crippen molar-refractivity contribution in [3.63, 3.8) is 0 Å². The zero-order valence-corrected chi connectivity index (χ0v) is 11.4. The van der Waals surface area contributed by atoms with Gasteiger partial charge in [-0.15, -0.1) is 0 Å². The van der Waals surface area contributed by atoms with Crippen LogP contribution in [0.15, 0.2) is 12.3 Å². The second-order valence-corrected chi connectivity index (χ2v) is 4.74. The third kappa shape index (κ3) is 6.47. The lowest BCUT2D eigenvalue weighted by atomic mass is 10.1. The van der Waals surface area contributed by atoms with E-state index in [9.17, 15) is 0 Å². The Labute approximate surface area is 106 Å². The molecule has 1 rings (SSSR count). The van der Waals surface area contributed by atoms with Gasteiger partial charge in [0.25, 0.3) is 0 Å². The van der Waals surface area contributed by atoms with Crippen molar-refractivity contribution in [2.45, 2.75) is 58.4 Å². The molecular weight excluding hydrogens is 210 g/mol. The summed E-state index contributed by atoms with van der Waals surface area (Å²) in [5.41, 5.74) is 1.26. The van der Waals surface area contributed by atoms with Gasteiger partial charge in [-0.2, -0.15) is 5.10 Å². The summed E-state index contributed by atoms with van der Waals surface area (Å²) in [6.45, 7) is 4.33. The topological polar surface area (TPSA) is 29.9 Å². The van der Waals surface area contributed by atoms with Gasteiger partial charge in [-0.1, -0.05) is 45.4 Å². The van der Waals surface area contributed by atoms with E-state index in [2.05, 4.69) is 23.4 Å². The molecule has 3 heteroatoms. The maximum absolute atomic E-state index is 4.15. The van der Waals surface area contributed by atoms with E-state index in [0.29, 0.717) is 0 Å². The van der Waals surface area contributed by atoms with E-state index < -0.39 is 0 Å². The number of aryl methyl sites for hydroxylation is 1. The van der Waals surface area contributed by atoms with Gasteiger partial charge < -0.3 is 5.32 Å². The van der Waals surface area contributed by atoms with Gasteiger partial charge in [-0.25, -0.2) is 0 Å². The lowest BCUT2D eigenvalue weighted by Gasteiger charge is -2.05. The molecule has 98 valence electrons. The molecule has 0 aliphatic carbocycles. The summed E-state index contributed by atoms with van der Waals surface area (Å²) in [6, 6.07) is 2.07. The van der Waals surface area contributed by atoms with Crippen LogP contribution in [0.1, 0.15) is 57.6 Å². The molecule has 1 N–H and O–H groups in total. The van der Waals surface area contributed by atoms with Crippen LogP contribution >= 0.6 is 0 Å². The summed E-state index contributed by atoms with van der Waals surface area (Å²) in [5, 5.41) is 7.62. The number of aromatic nitrogens is 2. The van der Waals surface area contributed by atoms with Crippen LogP contribution in [-0.2, 0) is 13.6 Å². The van der Waals surface area contributed by atoms with Crippen LogP contribution in [0.4, 0.5) is 0 Å². The lowest BCUT2D eigenvalue weighted by molar-refractivity contribution is 0.553. The predicted molar refractivity (Wildman–Crippen MR) is 72.9 cm³/mol. The summed E-state index contributed by atoms with van der Waals surface area (Å²) < 4.78 is 1.93. The van der Waals surface area contributed by atoms with Crippen molar-refractivity contribution in [3.8, 4) is 0 Å². The number of hydrogen-bond donors (Lipinski definition) is 1. The van der Waals surface area contributed by atoms with E-state index in [1.165, 1.54) is 50.6 Å². The second kappa shape index (κ2) is 9.23. The molecule has 1 aromatic heterocycles. The van der Waals surface area contributed by atoms with Gasteiger partial charge in [-0.3, -0.25) is 4.68 Å². The molecule has 0 fully saturated rings. The fourth-order valence-electron chi connectivity index (χ4n) is 2.00. The van der Waals surface area contributed by atoms with Crippen molar-refractivity contribution in [3.05, 3.63) is 18.0 Å². The predicted octanol–water partition coefficient (Wildman–Crippen LogP) is 3.26. The number of nitrogens with one attached hydrogen (secondary N) is 1. The minimum Gasteiger partial charge on any atom is -0.311 e. The largest absolute Gasteiger partial charge is 0.311 e. The molecule has 0 aliphatic heterocycles. The molecule has 0 unspecified atom stereocenters. The van der Waals surface area contributed by atoms with Gasteiger partial charge in [0.05, 0.1) is 5.69 Å². The molecule has 0 saturated heterocycles. The van der Waals surface area contributed by atoms with Crippen molar-refractivity contribution >= 4 is 0 Å². The van der Waals surface area contributed by atoms with Gasteiger partial charge >= 0.3 is 0 Å². The molecule has 17 heavy (non-hydrogen) atoms. The monoisotopic (exact) mass is 237 g/mol. The second-order valence-electron chi connectivity index (χ2n) is 4.74. The number of hydrogen-bond acceptors (Lipinski definition) is 2. The molecule has 0 aliphatic rings. The van der Waals surface area contributed by atoms with E-state index in [1.807, 2.05) is 17.9 Å². The average molecular weight is 237 g/mol. The Kier molecular flexibility index (Phi) is 7.72. The quantitative estimate of drug-likeness (QED) is 0.633. The lowest BCUT2D eigenvalue weighted by Crippen LogP contribution is -2.16. The van der Waals surface area contributed by atoms with E-state index in [4.69, 9.17) is 0 Å². The highest BCUT2D eigenvalue weighted by atomic mass is 15.3. The number of unbranched alkanes of at least 4 members (excludes halogenated alkanes) is 6. The molecule has 0 bridgehead atoms. The Morgan fingerprint density at radius 2 is 1.82 bits per heavy atom. The average Bonchev–Trinajstić information content (AvgIpc) is 2.73. The Morgan fingerprint density at radius 1 is 1.12 bits per heavy atom. The summed E-state index contributed by atoms with van der Waals surface area (Å²) in [4.78, 5) is 0. The van der Waals surface area contributed by atoms with Crippen LogP contribution < -0.4 is 5.32 Å². The van der Waals surface area contributed by atoms with E-state index >= 15 is 0 Å². The first-order valence-electron chi connectivity index (χ1n) is 7.02. The fourth-order valence-corrected chi connectivity index (χ4v) is 2.00. The van der Waals surface area contributed by atoms with Crippen LogP contribution in [0.5, 0.6) is 0 Å². The van der Waals surface area contributed by atoms with Crippen LogP contribution in [-0.4, -0.2) is 16.3 Å². The zero-order chi connectivity index (χ0) is 12.3. The Morgan fingerprint density at radius 3 is 2.47 bits per heavy atom.